The van der Waals surface area contributed by atoms with Crippen LogP contribution in [0.15, 0.2) is 18.7 Å². The van der Waals surface area contributed by atoms with Gasteiger partial charge in [-0.3, -0.25) is 9.59 Å². The molecule has 6 nitrogen and oxygen atoms in total. The second-order valence-electron chi connectivity index (χ2n) is 5.09. The van der Waals surface area contributed by atoms with Gasteiger partial charge in [-0.25, -0.2) is 4.98 Å². The Balaban J connectivity index is 2.53. The highest BCUT2D eigenvalue weighted by Crippen LogP contribution is 2.03. The fraction of sp³-hybridized carbons (Fsp3) is 0.615. The fourth-order valence-electron chi connectivity index (χ4n) is 1.84. The van der Waals surface area contributed by atoms with Crippen molar-refractivity contribution in [1.29, 1.82) is 0 Å². The zero-order chi connectivity index (χ0) is 14.4. The molecule has 0 bridgehead atoms. The first-order valence-corrected chi connectivity index (χ1v) is 6.43. The molecule has 0 radical (unpaired) electrons. The number of hydrogen-bond donors (Lipinski definition) is 2. The van der Waals surface area contributed by atoms with Gasteiger partial charge in [-0.2, -0.15) is 0 Å². The maximum atomic E-state index is 12.1. The lowest BCUT2D eigenvalue weighted by Gasteiger charge is -2.23. The Bertz CT molecular complexity index is 414. The van der Waals surface area contributed by atoms with Gasteiger partial charge in [0.15, 0.2) is 0 Å². The fourth-order valence-corrected chi connectivity index (χ4v) is 1.84. The van der Waals surface area contributed by atoms with Gasteiger partial charge in [0.1, 0.15) is 6.04 Å². The molecule has 1 heterocycles. The molecular weight excluding hydrogens is 244 g/mol. The summed E-state index contributed by atoms with van der Waals surface area (Å²) < 4.78 is 1.90. The number of imidazole rings is 1. The van der Waals surface area contributed by atoms with E-state index in [1.807, 2.05) is 31.5 Å². The maximum Gasteiger partial charge on any atom is 0.243 e. The van der Waals surface area contributed by atoms with Gasteiger partial charge in [0.2, 0.25) is 11.8 Å². The summed E-state index contributed by atoms with van der Waals surface area (Å²) in [6, 6.07) is -0.528. The Labute approximate surface area is 113 Å². The van der Waals surface area contributed by atoms with Crippen molar-refractivity contribution < 1.29 is 9.59 Å². The van der Waals surface area contributed by atoms with Crippen LogP contribution in [-0.4, -0.2) is 33.4 Å². The monoisotopic (exact) mass is 266 g/mol. The predicted molar refractivity (Wildman–Crippen MR) is 72.3 cm³/mol. The van der Waals surface area contributed by atoms with Crippen LogP contribution < -0.4 is 10.6 Å². The molecule has 0 saturated carbocycles. The molecule has 0 aliphatic heterocycles. The first kappa shape index (κ1) is 15.2. The number of amides is 2. The van der Waals surface area contributed by atoms with Crippen LogP contribution in [-0.2, 0) is 16.1 Å². The van der Waals surface area contributed by atoms with E-state index in [0.717, 1.165) is 0 Å². The van der Waals surface area contributed by atoms with Crippen molar-refractivity contribution in [2.45, 2.75) is 46.3 Å². The van der Waals surface area contributed by atoms with E-state index in [9.17, 15) is 9.59 Å². The van der Waals surface area contributed by atoms with E-state index in [4.69, 9.17) is 0 Å². The van der Waals surface area contributed by atoms with E-state index >= 15 is 0 Å². The maximum absolute atomic E-state index is 12.1. The smallest absolute Gasteiger partial charge is 0.243 e. The standard InChI is InChI=1S/C13H22N4O2/c1-9(2)12(16-11(4)18)13(19)15-10(3)7-17-6-5-14-8-17/h5-6,8-10,12H,7H2,1-4H3,(H,15,19)(H,16,18)/t10-,12-/m1/s1. The summed E-state index contributed by atoms with van der Waals surface area (Å²) in [5, 5.41) is 5.58. The van der Waals surface area contributed by atoms with Crippen LogP contribution in [0.2, 0.25) is 0 Å². The molecule has 2 N–H and O–H groups in total. The van der Waals surface area contributed by atoms with Gasteiger partial charge in [0.25, 0.3) is 0 Å². The Morgan fingerprint density at radius 2 is 1.95 bits per heavy atom. The Morgan fingerprint density at radius 3 is 2.42 bits per heavy atom. The van der Waals surface area contributed by atoms with Crippen LogP contribution in [0, 0.1) is 5.92 Å². The predicted octanol–water partition coefficient (Wildman–Crippen LogP) is 0.549. The first-order valence-electron chi connectivity index (χ1n) is 6.43. The highest BCUT2D eigenvalue weighted by molar-refractivity contribution is 5.87. The molecule has 0 spiro atoms. The van der Waals surface area contributed by atoms with Crippen LogP contribution in [0.3, 0.4) is 0 Å². The van der Waals surface area contributed by atoms with E-state index in [1.165, 1.54) is 6.92 Å². The van der Waals surface area contributed by atoms with E-state index in [1.54, 1.807) is 12.5 Å². The minimum absolute atomic E-state index is 0.0308. The molecule has 19 heavy (non-hydrogen) atoms. The van der Waals surface area contributed by atoms with Crippen molar-refractivity contribution >= 4 is 11.8 Å². The van der Waals surface area contributed by atoms with E-state index < -0.39 is 6.04 Å². The average Bonchev–Trinajstić information content (AvgIpc) is 2.77. The number of carbonyl (C=O) groups excluding carboxylic acids is 2. The molecule has 106 valence electrons. The van der Waals surface area contributed by atoms with Crippen molar-refractivity contribution in [3.63, 3.8) is 0 Å². The summed E-state index contributed by atoms with van der Waals surface area (Å²) in [6.45, 7) is 7.79. The van der Waals surface area contributed by atoms with E-state index in [0.29, 0.717) is 6.54 Å². The lowest BCUT2D eigenvalue weighted by Crippen LogP contribution is -2.51. The number of hydrogen-bond acceptors (Lipinski definition) is 3. The molecule has 0 aromatic carbocycles. The number of carbonyl (C=O) groups is 2. The van der Waals surface area contributed by atoms with Gasteiger partial charge >= 0.3 is 0 Å². The van der Waals surface area contributed by atoms with Crippen molar-refractivity contribution in [3.05, 3.63) is 18.7 Å². The van der Waals surface area contributed by atoms with Crippen LogP contribution in [0.25, 0.3) is 0 Å². The Morgan fingerprint density at radius 1 is 1.26 bits per heavy atom. The summed E-state index contributed by atoms with van der Waals surface area (Å²) >= 11 is 0. The number of rotatable bonds is 6. The molecule has 0 unspecified atom stereocenters. The molecule has 1 aromatic heterocycles. The molecule has 1 rings (SSSR count). The molecular formula is C13H22N4O2. The lowest BCUT2D eigenvalue weighted by atomic mass is 10.0. The zero-order valence-electron chi connectivity index (χ0n) is 11.9. The van der Waals surface area contributed by atoms with E-state index in [2.05, 4.69) is 15.6 Å². The van der Waals surface area contributed by atoms with E-state index in [-0.39, 0.29) is 23.8 Å². The van der Waals surface area contributed by atoms with Crippen molar-refractivity contribution in [2.75, 3.05) is 0 Å². The summed E-state index contributed by atoms with van der Waals surface area (Å²) in [4.78, 5) is 27.2. The number of aromatic nitrogens is 2. The second-order valence-corrected chi connectivity index (χ2v) is 5.09. The summed E-state index contributed by atoms with van der Waals surface area (Å²) in [6.07, 6.45) is 5.25. The van der Waals surface area contributed by atoms with Gasteiger partial charge in [0, 0.05) is 31.9 Å². The molecule has 0 saturated heterocycles. The van der Waals surface area contributed by atoms with Gasteiger partial charge in [-0.15, -0.1) is 0 Å². The molecule has 1 aromatic rings. The third-order valence-electron chi connectivity index (χ3n) is 2.74. The highest BCUT2D eigenvalue weighted by atomic mass is 16.2. The molecule has 6 heteroatoms. The summed E-state index contributed by atoms with van der Waals surface area (Å²) in [7, 11) is 0. The van der Waals surface area contributed by atoms with Crippen molar-refractivity contribution in [2.24, 2.45) is 5.92 Å². The third kappa shape index (κ3) is 5.11. The van der Waals surface area contributed by atoms with Crippen LogP contribution in [0.1, 0.15) is 27.7 Å². The largest absolute Gasteiger partial charge is 0.350 e. The van der Waals surface area contributed by atoms with Gasteiger partial charge in [0.05, 0.1) is 6.33 Å². The molecule has 0 aliphatic carbocycles. The van der Waals surface area contributed by atoms with Crippen molar-refractivity contribution in [1.82, 2.24) is 20.2 Å². The van der Waals surface area contributed by atoms with Crippen LogP contribution in [0.4, 0.5) is 0 Å². The quantitative estimate of drug-likeness (QED) is 0.789. The molecule has 2 amide bonds. The topological polar surface area (TPSA) is 76.0 Å². The SMILES string of the molecule is CC(=O)N[C@@H](C(=O)N[C@H](C)Cn1ccnc1)C(C)C. The second kappa shape index (κ2) is 6.92. The first-order chi connectivity index (χ1) is 8.90. The molecule has 2 atom stereocenters. The number of nitrogens with zero attached hydrogens (tertiary/aromatic N) is 2. The Kier molecular flexibility index (Phi) is 5.54. The third-order valence-corrected chi connectivity index (χ3v) is 2.74. The minimum Gasteiger partial charge on any atom is -0.350 e. The van der Waals surface area contributed by atoms with Gasteiger partial charge < -0.3 is 15.2 Å². The lowest BCUT2D eigenvalue weighted by molar-refractivity contribution is -0.129. The molecule has 0 aliphatic rings. The molecule has 0 fully saturated rings. The minimum atomic E-state index is -0.497. The Hall–Kier alpha value is -1.85. The normalized spacial score (nSPS) is 13.9. The summed E-state index contributed by atoms with van der Waals surface area (Å²) in [5.74, 6) is -0.307. The van der Waals surface area contributed by atoms with Gasteiger partial charge in [-0.1, -0.05) is 13.8 Å². The van der Waals surface area contributed by atoms with Crippen LogP contribution >= 0.6 is 0 Å². The summed E-state index contributed by atoms with van der Waals surface area (Å²) in [5.41, 5.74) is 0. The highest BCUT2D eigenvalue weighted by Gasteiger charge is 2.23. The van der Waals surface area contributed by atoms with Crippen molar-refractivity contribution in [3.8, 4) is 0 Å². The van der Waals surface area contributed by atoms with Gasteiger partial charge in [-0.05, 0) is 12.8 Å². The number of nitrogens with one attached hydrogen (secondary N) is 2. The average molecular weight is 266 g/mol. The van der Waals surface area contributed by atoms with Crippen LogP contribution in [0.5, 0.6) is 0 Å². The zero-order valence-corrected chi connectivity index (χ0v) is 11.9.